The minimum absolute atomic E-state index is 0.0394. The summed E-state index contributed by atoms with van der Waals surface area (Å²) in [4.78, 5) is 27.6. The predicted molar refractivity (Wildman–Crippen MR) is 119 cm³/mol. The fraction of sp³-hybridized carbons (Fsp3) is 0.440. The van der Waals surface area contributed by atoms with Gasteiger partial charge in [-0.1, -0.05) is 54.1 Å². The van der Waals surface area contributed by atoms with Gasteiger partial charge in [-0.25, -0.2) is 0 Å². The molecule has 2 aliphatic rings. The van der Waals surface area contributed by atoms with Crippen molar-refractivity contribution in [3.05, 3.63) is 59.7 Å². The van der Waals surface area contributed by atoms with Crippen LogP contribution in [0, 0.1) is 6.92 Å². The van der Waals surface area contributed by atoms with Gasteiger partial charge >= 0.3 is 0 Å². The predicted octanol–water partition coefficient (Wildman–Crippen LogP) is 2.73. The summed E-state index contributed by atoms with van der Waals surface area (Å²) < 4.78 is 11.7. The monoisotopic (exact) mass is 422 g/mol. The van der Waals surface area contributed by atoms with Crippen LogP contribution in [0.5, 0.6) is 0 Å². The topological polar surface area (TPSA) is 67.9 Å². The van der Waals surface area contributed by atoms with Crippen molar-refractivity contribution in [2.45, 2.75) is 37.9 Å². The summed E-state index contributed by atoms with van der Waals surface area (Å²) in [5, 5.41) is 2.74. The Labute approximate surface area is 183 Å². The molecule has 0 aliphatic carbocycles. The van der Waals surface area contributed by atoms with Gasteiger partial charge in [0.2, 0.25) is 0 Å². The second-order valence-corrected chi connectivity index (χ2v) is 8.43. The SMILES string of the molecule is CNC(=O)[C@@]1(Cc2cccc(-c3ccc(C)cc3)c2)CN(C(=O)[C@H]2CCCO2)CCO1. The van der Waals surface area contributed by atoms with Gasteiger partial charge in [0.05, 0.1) is 13.2 Å². The van der Waals surface area contributed by atoms with E-state index < -0.39 is 11.7 Å². The Balaban J connectivity index is 1.58. The third kappa shape index (κ3) is 4.65. The van der Waals surface area contributed by atoms with Crippen LogP contribution in [0.15, 0.2) is 48.5 Å². The quantitative estimate of drug-likeness (QED) is 0.805. The number of likely N-dealkylation sites (N-methyl/N-ethyl adjacent to an activating group) is 1. The molecule has 2 atom stereocenters. The van der Waals surface area contributed by atoms with Gasteiger partial charge in [0.15, 0.2) is 5.60 Å². The lowest BCUT2D eigenvalue weighted by atomic mass is 9.89. The molecule has 2 saturated heterocycles. The number of ether oxygens (including phenoxy) is 2. The van der Waals surface area contributed by atoms with Crippen LogP contribution in [0.25, 0.3) is 11.1 Å². The molecular weight excluding hydrogens is 392 g/mol. The summed E-state index contributed by atoms with van der Waals surface area (Å²) in [5.74, 6) is -0.249. The van der Waals surface area contributed by atoms with E-state index in [1.165, 1.54) is 5.56 Å². The number of amides is 2. The highest BCUT2D eigenvalue weighted by molar-refractivity contribution is 5.88. The Bertz CT molecular complexity index is 937. The number of nitrogens with one attached hydrogen (secondary N) is 1. The molecule has 4 rings (SSSR count). The van der Waals surface area contributed by atoms with Crippen LogP contribution < -0.4 is 5.32 Å². The van der Waals surface area contributed by atoms with Gasteiger partial charge in [-0.3, -0.25) is 9.59 Å². The van der Waals surface area contributed by atoms with Gasteiger partial charge in [0.25, 0.3) is 11.8 Å². The normalized spacial score (nSPS) is 23.5. The van der Waals surface area contributed by atoms with E-state index in [0.29, 0.717) is 26.2 Å². The van der Waals surface area contributed by atoms with Gasteiger partial charge in [0, 0.05) is 26.6 Å². The molecule has 0 unspecified atom stereocenters. The molecule has 2 fully saturated rings. The first-order valence-electron chi connectivity index (χ1n) is 10.9. The van der Waals surface area contributed by atoms with Gasteiger partial charge in [-0.2, -0.15) is 0 Å². The number of nitrogens with zero attached hydrogens (tertiary/aromatic N) is 1. The largest absolute Gasteiger partial charge is 0.368 e. The minimum Gasteiger partial charge on any atom is -0.368 e. The number of hydrogen-bond donors (Lipinski definition) is 1. The summed E-state index contributed by atoms with van der Waals surface area (Å²) in [6.07, 6.45) is 1.63. The first kappa shape index (κ1) is 21.5. The summed E-state index contributed by atoms with van der Waals surface area (Å²) in [5.41, 5.74) is 3.31. The van der Waals surface area contributed by atoms with Crippen LogP contribution in [-0.2, 0) is 25.5 Å². The Hall–Kier alpha value is -2.70. The number of benzene rings is 2. The van der Waals surface area contributed by atoms with E-state index in [1.54, 1.807) is 11.9 Å². The first-order valence-corrected chi connectivity index (χ1v) is 10.9. The maximum absolute atomic E-state index is 13.0. The van der Waals surface area contributed by atoms with Crippen LogP contribution in [-0.4, -0.2) is 61.8 Å². The summed E-state index contributed by atoms with van der Waals surface area (Å²) in [7, 11) is 1.61. The Kier molecular flexibility index (Phi) is 6.39. The zero-order valence-corrected chi connectivity index (χ0v) is 18.2. The molecular formula is C25H30N2O4. The molecule has 2 aromatic rings. The Morgan fingerprint density at radius 1 is 1.13 bits per heavy atom. The highest BCUT2D eigenvalue weighted by Gasteiger charge is 2.45. The molecule has 0 bridgehead atoms. The Morgan fingerprint density at radius 3 is 2.65 bits per heavy atom. The van der Waals surface area contributed by atoms with Crippen molar-refractivity contribution >= 4 is 11.8 Å². The molecule has 0 spiro atoms. The van der Waals surface area contributed by atoms with Crippen LogP contribution in [0.4, 0.5) is 0 Å². The third-order valence-corrected chi connectivity index (χ3v) is 6.15. The zero-order valence-electron chi connectivity index (χ0n) is 18.2. The zero-order chi connectivity index (χ0) is 21.8. The molecule has 0 radical (unpaired) electrons. The fourth-order valence-electron chi connectivity index (χ4n) is 4.44. The molecule has 164 valence electrons. The molecule has 2 amide bonds. The number of rotatable bonds is 5. The number of morpholine rings is 1. The van der Waals surface area contributed by atoms with Gasteiger partial charge < -0.3 is 19.7 Å². The fourth-order valence-corrected chi connectivity index (χ4v) is 4.44. The minimum atomic E-state index is -1.12. The molecule has 31 heavy (non-hydrogen) atoms. The second kappa shape index (κ2) is 9.20. The van der Waals surface area contributed by atoms with E-state index >= 15 is 0 Å². The summed E-state index contributed by atoms with van der Waals surface area (Å²) in [6, 6.07) is 16.5. The summed E-state index contributed by atoms with van der Waals surface area (Å²) >= 11 is 0. The first-order chi connectivity index (χ1) is 15.0. The van der Waals surface area contributed by atoms with E-state index in [0.717, 1.165) is 29.5 Å². The highest BCUT2D eigenvalue weighted by Crippen LogP contribution is 2.28. The molecule has 2 aromatic carbocycles. The van der Waals surface area contributed by atoms with Crippen molar-refractivity contribution < 1.29 is 19.1 Å². The van der Waals surface area contributed by atoms with Gasteiger partial charge in [0.1, 0.15) is 6.10 Å². The van der Waals surface area contributed by atoms with Crippen LogP contribution in [0.3, 0.4) is 0 Å². The molecule has 0 saturated carbocycles. The van der Waals surface area contributed by atoms with Crippen molar-refractivity contribution in [3.63, 3.8) is 0 Å². The number of carbonyl (C=O) groups is 2. The molecule has 0 aromatic heterocycles. The molecule has 2 aliphatic heterocycles. The average Bonchev–Trinajstić information content (AvgIpc) is 3.34. The smallest absolute Gasteiger partial charge is 0.254 e. The lowest BCUT2D eigenvalue weighted by Crippen LogP contribution is -2.62. The van der Waals surface area contributed by atoms with Crippen molar-refractivity contribution in [3.8, 4) is 11.1 Å². The van der Waals surface area contributed by atoms with Gasteiger partial charge in [-0.15, -0.1) is 0 Å². The van der Waals surface area contributed by atoms with Gasteiger partial charge in [-0.05, 0) is 36.5 Å². The van der Waals surface area contributed by atoms with Crippen molar-refractivity contribution in [2.75, 3.05) is 33.4 Å². The van der Waals surface area contributed by atoms with E-state index in [9.17, 15) is 9.59 Å². The Morgan fingerprint density at radius 2 is 1.94 bits per heavy atom. The average molecular weight is 423 g/mol. The number of hydrogen-bond acceptors (Lipinski definition) is 4. The maximum Gasteiger partial charge on any atom is 0.254 e. The molecule has 6 heteroatoms. The van der Waals surface area contributed by atoms with Crippen molar-refractivity contribution in [1.82, 2.24) is 10.2 Å². The van der Waals surface area contributed by atoms with Crippen molar-refractivity contribution in [1.29, 1.82) is 0 Å². The van der Waals surface area contributed by atoms with E-state index in [-0.39, 0.29) is 18.4 Å². The molecule has 1 N–H and O–H groups in total. The van der Waals surface area contributed by atoms with Crippen LogP contribution in [0.2, 0.25) is 0 Å². The summed E-state index contributed by atoms with van der Waals surface area (Å²) in [6.45, 7) is 3.70. The van der Waals surface area contributed by atoms with Crippen LogP contribution in [0.1, 0.15) is 24.0 Å². The maximum atomic E-state index is 13.0. The highest BCUT2D eigenvalue weighted by atomic mass is 16.5. The standard InChI is InChI=1S/C25H30N2O4/c1-18-8-10-20(11-9-18)21-6-3-5-19(15-21)16-25(24(29)26-2)17-27(12-14-31-25)23(28)22-7-4-13-30-22/h3,5-6,8-11,15,22H,4,7,12-14,16-17H2,1-2H3,(H,26,29)/t22-,25-/m1/s1. The van der Waals surface area contributed by atoms with Crippen molar-refractivity contribution in [2.24, 2.45) is 0 Å². The van der Waals surface area contributed by atoms with E-state index in [4.69, 9.17) is 9.47 Å². The van der Waals surface area contributed by atoms with E-state index in [2.05, 4.69) is 48.6 Å². The lowest BCUT2D eigenvalue weighted by Gasteiger charge is -2.42. The number of aryl methyl sites for hydroxylation is 1. The van der Waals surface area contributed by atoms with E-state index in [1.807, 2.05) is 12.1 Å². The molecule has 2 heterocycles. The third-order valence-electron chi connectivity index (χ3n) is 6.15. The second-order valence-electron chi connectivity index (χ2n) is 8.43. The molecule has 6 nitrogen and oxygen atoms in total. The van der Waals surface area contributed by atoms with Crippen LogP contribution >= 0.6 is 0 Å². The lowest BCUT2D eigenvalue weighted by molar-refractivity contribution is -0.169. The number of carbonyl (C=O) groups excluding carboxylic acids is 2.